The molecule has 0 fully saturated rings. The van der Waals surface area contributed by atoms with Crippen LogP contribution < -0.4 is 4.90 Å². The second-order valence-corrected chi connectivity index (χ2v) is 6.00. The first-order chi connectivity index (χ1) is 9.13. The molecule has 1 aliphatic heterocycles. The van der Waals surface area contributed by atoms with Crippen LogP contribution in [0.1, 0.15) is 18.1 Å². The first kappa shape index (κ1) is 12.7. The molecule has 0 saturated carbocycles. The molecule has 0 aromatic heterocycles. The van der Waals surface area contributed by atoms with E-state index in [-0.39, 0.29) is 5.82 Å². The average Bonchev–Trinajstić information content (AvgIpc) is 2.65. The van der Waals surface area contributed by atoms with Gasteiger partial charge in [0.25, 0.3) is 0 Å². The van der Waals surface area contributed by atoms with Gasteiger partial charge in [0.05, 0.1) is 0 Å². The molecule has 1 unspecified atom stereocenters. The minimum absolute atomic E-state index is 0.190. The lowest BCUT2D eigenvalue weighted by molar-refractivity contribution is 0.620. The van der Waals surface area contributed by atoms with E-state index in [1.54, 1.807) is 6.07 Å². The summed E-state index contributed by atoms with van der Waals surface area (Å²) in [6.45, 7) is 2.96. The Kier molecular flexibility index (Phi) is 3.31. The summed E-state index contributed by atoms with van der Waals surface area (Å²) >= 11 is 3.35. The van der Waals surface area contributed by atoms with Crippen LogP contribution in [-0.4, -0.2) is 6.04 Å². The standard InChI is InChI=1S/C16H15BrFN/c1-11-6-13-4-2-3-5-16(13)19(11)10-12-7-14(17)9-15(18)8-12/h2-5,7-9,11H,6,10H2,1H3. The van der Waals surface area contributed by atoms with Crippen LogP contribution in [0.5, 0.6) is 0 Å². The van der Waals surface area contributed by atoms with Crippen molar-refractivity contribution in [2.75, 3.05) is 4.90 Å². The van der Waals surface area contributed by atoms with Crippen LogP contribution in [0.4, 0.5) is 10.1 Å². The highest BCUT2D eigenvalue weighted by Crippen LogP contribution is 2.33. The van der Waals surface area contributed by atoms with Crippen molar-refractivity contribution >= 4 is 21.6 Å². The maximum atomic E-state index is 13.4. The van der Waals surface area contributed by atoms with Gasteiger partial charge in [-0.15, -0.1) is 0 Å². The minimum Gasteiger partial charge on any atom is -0.364 e. The highest BCUT2D eigenvalue weighted by molar-refractivity contribution is 9.10. The highest BCUT2D eigenvalue weighted by atomic mass is 79.9. The zero-order valence-corrected chi connectivity index (χ0v) is 12.3. The van der Waals surface area contributed by atoms with E-state index in [1.165, 1.54) is 17.3 Å². The summed E-state index contributed by atoms with van der Waals surface area (Å²) in [6.07, 6.45) is 1.06. The molecule has 0 spiro atoms. The molecule has 0 radical (unpaired) electrons. The molecule has 19 heavy (non-hydrogen) atoms. The predicted octanol–water partition coefficient (Wildman–Crippen LogP) is 4.54. The average molecular weight is 320 g/mol. The van der Waals surface area contributed by atoms with Gasteiger partial charge in [0.15, 0.2) is 0 Å². The third kappa shape index (κ3) is 2.52. The Labute approximate surface area is 121 Å². The molecular formula is C16H15BrFN. The Balaban J connectivity index is 1.91. The number of fused-ring (bicyclic) bond motifs is 1. The van der Waals surface area contributed by atoms with E-state index in [4.69, 9.17) is 0 Å². The zero-order valence-electron chi connectivity index (χ0n) is 10.7. The second-order valence-electron chi connectivity index (χ2n) is 5.09. The van der Waals surface area contributed by atoms with Crippen LogP contribution in [0.3, 0.4) is 0 Å². The van der Waals surface area contributed by atoms with E-state index in [2.05, 4.69) is 52.0 Å². The largest absolute Gasteiger partial charge is 0.364 e. The van der Waals surface area contributed by atoms with Crippen LogP contribution in [0, 0.1) is 5.82 Å². The topological polar surface area (TPSA) is 3.24 Å². The second kappa shape index (κ2) is 4.97. The summed E-state index contributed by atoms with van der Waals surface area (Å²) in [5, 5.41) is 0. The van der Waals surface area contributed by atoms with Gasteiger partial charge >= 0.3 is 0 Å². The molecule has 0 amide bonds. The molecule has 0 saturated heterocycles. The lowest BCUT2D eigenvalue weighted by Gasteiger charge is -2.25. The number of halogens is 2. The molecule has 0 N–H and O–H groups in total. The van der Waals surface area contributed by atoms with E-state index in [0.717, 1.165) is 23.0 Å². The molecular weight excluding hydrogens is 305 g/mol. The van der Waals surface area contributed by atoms with E-state index in [1.807, 2.05) is 6.07 Å². The van der Waals surface area contributed by atoms with Crippen LogP contribution in [0.15, 0.2) is 46.9 Å². The highest BCUT2D eigenvalue weighted by Gasteiger charge is 2.25. The molecule has 0 bridgehead atoms. The Hall–Kier alpha value is -1.35. The van der Waals surface area contributed by atoms with Crippen molar-refractivity contribution in [3.05, 3.63) is 63.9 Å². The summed E-state index contributed by atoms with van der Waals surface area (Å²) in [7, 11) is 0. The summed E-state index contributed by atoms with van der Waals surface area (Å²) < 4.78 is 14.2. The SMILES string of the molecule is CC1Cc2ccccc2N1Cc1cc(F)cc(Br)c1. The van der Waals surface area contributed by atoms with Gasteiger partial charge in [-0.2, -0.15) is 0 Å². The van der Waals surface area contributed by atoms with Gasteiger partial charge in [-0.3, -0.25) is 0 Å². The van der Waals surface area contributed by atoms with Crippen LogP contribution in [0.25, 0.3) is 0 Å². The van der Waals surface area contributed by atoms with Gasteiger partial charge in [-0.25, -0.2) is 4.39 Å². The maximum absolute atomic E-state index is 13.4. The molecule has 1 heterocycles. The number of para-hydroxylation sites is 1. The number of rotatable bonds is 2. The zero-order chi connectivity index (χ0) is 13.4. The number of nitrogens with zero attached hydrogens (tertiary/aromatic N) is 1. The molecule has 1 aliphatic rings. The fraction of sp³-hybridized carbons (Fsp3) is 0.250. The van der Waals surface area contributed by atoms with Crippen LogP contribution in [0.2, 0.25) is 0 Å². The number of anilines is 1. The van der Waals surface area contributed by atoms with Gasteiger partial charge in [-0.05, 0) is 48.7 Å². The van der Waals surface area contributed by atoms with Crippen molar-refractivity contribution in [1.29, 1.82) is 0 Å². The summed E-state index contributed by atoms with van der Waals surface area (Å²) in [4.78, 5) is 2.34. The molecule has 2 aromatic rings. The molecule has 2 aromatic carbocycles. The fourth-order valence-corrected chi connectivity index (χ4v) is 3.28. The van der Waals surface area contributed by atoms with E-state index in [0.29, 0.717) is 6.04 Å². The maximum Gasteiger partial charge on any atom is 0.124 e. The predicted molar refractivity (Wildman–Crippen MR) is 79.9 cm³/mol. The number of hydrogen-bond acceptors (Lipinski definition) is 1. The lowest BCUT2D eigenvalue weighted by atomic mass is 10.1. The van der Waals surface area contributed by atoms with E-state index >= 15 is 0 Å². The van der Waals surface area contributed by atoms with Crippen molar-refractivity contribution < 1.29 is 4.39 Å². The van der Waals surface area contributed by atoms with Crippen LogP contribution in [-0.2, 0) is 13.0 Å². The molecule has 1 atom stereocenters. The molecule has 3 heteroatoms. The van der Waals surface area contributed by atoms with Crippen molar-refractivity contribution in [2.45, 2.75) is 25.9 Å². The quantitative estimate of drug-likeness (QED) is 0.785. The third-order valence-electron chi connectivity index (χ3n) is 3.62. The summed E-state index contributed by atoms with van der Waals surface area (Å²) in [6, 6.07) is 14.0. The van der Waals surface area contributed by atoms with Crippen LogP contribution >= 0.6 is 15.9 Å². The Morgan fingerprint density at radius 3 is 2.84 bits per heavy atom. The van der Waals surface area contributed by atoms with Gasteiger partial charge in [0.1, 0.15) is 5.82 Å². The normalized spacial score (nSPS) is 17.6. The molecule has 0 aliphatic carbocycles. The Morgan fingerprint density at radius 1 is 1.26 bits per heavy atom. The van der Waals surface area contributed by atoms with E-state index in [9.17, 15) is 4.39 Å². The smallest absolute Gasteiger partial charge is 0.124 e. The number of benzene rings is 2. The van der Waals surface area contributed by atoms with Gasteiger partial charge in [0.2, 0.25) is 0 Å². The molecule has 1 nitrogen and oxygen atoms in total. The van der Waals surface area contributed by atoms with E-state index < -0.39 is 0 Å². The Morgan fingerprint density at radius 2 is 2.05 bits per heavy atom. The van der Waals surface area contributed by atoms with Crippen molar-refractivity contribution in [2.24, 2.45) is 0 Å². The van der Waals surface area contributed by atoms with Gasteiger partial charge in [-0.1, -0.05) is 34.1 Å². The van der Waals surface area contributed by atoms with Crippen molar-refractivity contribution in [3.8, 4) is 0 Å². The monoisotopic (exact) mass is 319 g/mol. The third-order valence-corrected chi connectivity index (χ3v) is 4.08. The first-order valence-electron chi connectivity index (χ1n) is 6.43. The molecule has 98 valence electrons. The van der Waals surface area contributed by atoms with Crippen molar-refractivity contribution in [1.82, 2.24) is 0 Å². The number of hydrogen-bond donors (Lipinski definition) is 0. The molecule has 3 rings (SSSR count). The Bertz CT molecular complexity index is 591. The summed E-state index contributed by atoms with van der Waals surface area (Å²) in [5.74, 6) is -0.190. The van der Waals surface area contributed by atoms with Crippen molar-refractivity contribution in [3.63, 3.8) is 0 Å². The lowest BCUT2D eigenvalue weighted by Crippen LogP contribution is -2.28. The van der Waals surface area contributed by atoms with Gasteiger partial charge < -0.3 is 4.90 Å². The first-order valence-corrected chi connectivity index (χ1v) is 7.22. The summed E-state index contributed by atoms with van der Waals surface area (Å²) in [5.41, 5.74) is 3.65. The fourth-order valence-electron chi connectivity index (χ4n) is 2.77. The minimum atomic E-state index is -0.190. The van der Waals surface area contributed by atoms with Gasteiger partial charge in [0, 0.05) is 22.7 Å².